The van der Waals surface area contributed by atoms with Gasteiger partial charge in [-0.15, -0.1) is 0 Å². The van der Waals surface area contributed by atoms with E-state index in [1.807, 2.05) is 12.1 Å². The Bertz CT molecular complexity index is 560. The summed E-state index contributed by atoms with van der Waals surface area (Å²) in [6.45, 7) is 2.81. The van der Waals surface area contributed by atoms with Gasteiger partial charge in [0.2, 0.25) is 5.91 Å². The highest BCUT2D eigenvalue weighted by Crippen LogP contribution is 2.55. The van der Waals surface area contributed by atoms with E-state index in [0.717, 1.165) is 23.4 Å². The maximum absolute atomic E-state index is 12.5. The Morgan fingerprint density at radius 3 is 2.30 bits per heavy atom. The third-order valence-corrected chi connectivity index (χ3v) is 6.26. The Morgan fingerprint density at radius 2 is 1.70 bits per heavy atom. The van der Waals surface area contributed by atoms with Crippen LogP contribution in [0.25, 0.3) is 0 Å². The van der Waals surface area contributed by atoms with Gasteiger partial charge >= 0.3 is 0 Å². The second-order valence-corrected chi connectivity index (χ2v) is 8.24. The van der Waals surface area contributed by atoms with E-state index in [2.05, 4.69) is 29.7 Å². The van der Waals surface area contributed by atoms with E-state index >= 15 is 0 Å². The minimum atomic E-state index is 0.147. The molecule has 0 radical (unpaired) electrons. The summed E-state index contributed by atoms with van der Waals surface area (Å²) in [4.78, 5) is 12.5. The van der Waals surface area contributed by atoms with Gasteiger partial charge in [-0.3, -0.25) is 4.79 Å². The molecule has 1 amide bonds. The van der Waals surface area contributed by atoms with Gasteiger partial charge in [0.15, 0.2) is 0 Å². The highest BCUT2D eigenvalue weighted by atomic mass is 16.1. The molecule has 4 fully saturated rings. The quantitative estimate of drug-likeness (QED) is 0.866. The van der Waals surface area contributed by atoms with Crippen molar-refractivity contribution in [1.82, 2.24) is 5.32 Å². The SMILES string of the molecule is Cc1ccccc1NCCC(=O)NC12CC3CC(CC(C3)C1)C2. The van der Waals surface area contributed by atoms with Crippen LogP contribution in [-0.4, -0.2) is 18.0 Å². The molecular formula is C20H28N2O. The fourth-order valence-electron chi connectivity index (χ4n) is 5.70. The summed E-state index contributed by atoms with van der Waals surface area (Å²) in [7, 11) is 0. The minimum Gasteiger partial charge on any atom is -0.384 e. The molecule has 1 aromatic rings. The van der Waals surface area contributed by atoms with Crippen LogP contribution in [0.4, 0.5) is 5.69 Å². The summed E-state index contributed by atoms with van der Waals surface area (Å²) in [6, 6.07) is 8.25. The zero-order valence-electron chi connectivity index (χ0n) is 14.1. The third kappa shape index (κ3) is 3.11. The van der Waals surface area contributed by atoms with Crippen LogP contribution in [-0.2, 0) is 4.79 Å². The third-order valence-electron chi connectivity index (χ3n) is 6.26. The lowest BCUT2D eigenvalue weighted by atomic mass is 9.53. The molecule has 0 heterocycles. The van der Waals surface area contributed by atoms with Crippen molar-refractivity contribution in [2.45, 2.75) is 57.4 Å². The fraction of sp³-hybridized carbons (Fsp3) is 0.650. The molecule has 3 nitrogen and oxygen atoms in total. The lowest BCUT2D eigenvalue weighted by Gasteiger charge is -2.56. The molecule has 3 heteroatoms. The number of hydrogen-bond acceptors (Lipinski definition) is 2. The molecule has 4 saturated carbocycles. The summed E-state index contributed by atoms with van der Waals surface area (Å²) < 4.78 is 0. The van der Waals surface area contributed by atoms with Crippen LogP contribution in [0.3, 0.4) is 0 Å². The molecule has 0 unspecified atom stereocenters. The van der Waals surface area contributed by atoms with Crippen molar-refractivity contribution in [2.24, 2.45) is 17.8 Å². The molecule has 23 heavy (non-hydrogen) atoms. The molecule has 0 aliphatic heterocycles. The summed E-state index contributed by atoms with van der Waals surface area (Å²) in [5.74, 6) is 2.87. The highest BCUT2D eigenvalue weighted by molar-refractivity contribution is 5.77. The monoisotopic (exact) mass is 312 g/mol. The number of nitrogens with one attached hydrogen (secondary N) is 2. The smallest absolute Gasteiger partial charge is 0.222 e. The lowest BCUT2D eigenvalue weighted by molar-refractivity contribution is -0.126. The van der Waals surface area contributed by atoms with Gasteiger partial charge in [-0.05, 0) is 74.8 Å². The van der Waals surface area contributed by atoms with Gasteiger partial charge in [0.25, 0.3) is 0 Å². The molecule has 2 N–H and O–H groups in total. The molecule has 0 saturated heterocycles. The zero-order chi connectivity index (χ0) is 15.9. The molecule has 5 rings (SSSR count). The number of aryl methyl sites for hydroxylation is 1. The molecule has 1 aromatic carbocycles. The van der Waals surface area contributed by atoms with Gasteiger partial charge in [0, 0.05) is 24.2 Å². The number of para-hydroxylation sites is 1. The number of hydrogen-bond donors (Lipinski definition) is 2. The molecular weight excluding hydrogens is 284 g/mol. The first-order valence-electron chi connectivity index (χ1n) is 9.22. The van der Waals surface area contributed by atoms with Crippen LogP contribution >= 0.6 is 0 Å². The Labute approximate surface area is 139 Å². The van der Waals surface area contributed by atoms with Crippen molar-refractivity contribution >= 4 is 11.6 Å². The molecule has 0 spiro atoms. The first kappa shape index (κ1) is 15.0. The van der Waals surface area contributed by atoms with Gasteiger partial charge in [-0.1, -0.05) is 18.2 Å². The predicted molar refractivity (Wildman–Crippen MR) is 93.3 cm³/mol. The van der Waals surface area contributed by atoms with Crippen LogP contribution in [0.2, 0.25) is 0 Å². The van der Waals surface area contributed by atoms with Gasteiger partial charge < -0.3 is 10.6 Å². The van der Waals surface area contributed by atoms with E-state index in [4.69, 9.17) is 0 Å². The molecule has 4 aliphatic carbocycles. The summed E-state index contributed by atoms with van der Waals surface area (Å²) >= 11 is 0. The molecule has 0 aromatic heterocycles. The van der Waals surface area contributed by atoms with Gasteiger partial charge in [0.05, 0.1) is 0 Å². The maximum atomic E-state index is 12.5. The molecule has 4 aliphatic rings. The Morgan fingerprint density at radius 1 is 1.09 bits per heavy atom. The van der Waals surface area contributed by atoms with E-state index in [1.54, 1.807) is 0 Å². The van der Waals surface area contributed by atoms with Crippen LogP contribution in [0.5, 0.6) is 0 Å². The van der Waals surface area contributed by atoms with Gasteiger partial charge in [-0.25, -0.2) is 0 Å². The predicted octanol–water partition coefficient (Wildman–Crippen LogP) is 3.88. The van der Waals surface area contributed by atoms with Gasteiger partial charge in [-0.2, -0.15) is 0 Å². The first-order chi connectivity index (χ1) is 11.1. The number of carbonyl (C=O) groups excluding carboxylic acids is 1. The van der Waals surface area contributed by atoms with E-state index in [1.165, 1.54) is 44.1 Å². The van der Waals surface area contributed by atoms with Crippen LogP contribution in [0, 0.1) is 24.7 Å². The Kier molecular flexibility index (Phi) is 3.82. The standard InChI is InChI=1S/C20H28N2O/c1-14-4-2-3-5-18(14)21-7-6-19(23)22-20-11-15-8-16(12-20)10-17(9-15)13-20/h2-5,15-17,21H,6-13H2,1H3,(H,22,23). The van der Waals surface area contributed by atoms with Gasteiger partial charge in [0.1, 0.15) is 0 Å². The topological polar surface area (TPSA) is 41.1 Å². The summed E-state index contributed by atoms with van der Waals surface area (Å²) in [5, 5.41) is 6.84. The van der Waals surface area contributed by atoms with E-state index in [-0.39, 0.29) is 11.4 Å². The Hall–Kier alpha value is -1.51. The zero-order valence-corrected chi connectivity index (χ0v) is 14.1. The highest BCUT2D eigenvalue weighted by Gasteiger charge is 2.51. The van der Waals surface area contributed by atoms with Crippen LogP contribution in [0.15, 0.2) is 24.3 Å². The molecule has 124 valence electrons. The van der Waals surface area contributed by atoms with Crippen molar-refractivity contribution < 1.29 is 4.79 Å². The van der Waals surface area contributed by atoms with Crippen molar-refractivity contribution in [3.05, 3.63) is 29.8 Å². The van der Waals surface area contributed by atoms with E-state index in [0.29, 0.717) is 13.0 Å². The average Bonchev–Trinajstić information content (AvgIpc) is 2.47. The van der Waals surface area contributed by atoms with Crippen molar-refractivity contribution in [2.75, 3.05) is 11.9 Å². The van der Waals surface area contributed by atoms with Crippen molar-refractivity contribution in [3.63, 3.8) is 0 Å². The van der Waals surface area contributed by atoms with Crippen molar-refractivity contribution in [3.8, 4) is 0 Å². The lowest BCUT2D eigenvalue weighted by Crippen LogP contribution is -2.59. The number of amides is 1. The number of carbonyl (C=O) groups is 1. The number of rotatable bonds is 5. The number of anilines is 1. The molecule has 0 atom stereocenters. The Balaban J connectivity index is 1.30. The largest absolute Gasteiger partial charge is 0.384 e. The average molecular weight is 312 g/mol. The maximum Gasteiger partial charge on any atom is 0.222 e. The van der Waals surface area contributed by atoms with E-state index < -0.39 is 0 Å². The second-order valence-electron chi connectivity index (χ2n) is 8.24. The minimum absolute atomic E-state index is 0.147. The molecule has 4 bridgehead atoms. The van der Waals surface area contributed by atoms with Crippen LogP contribution < -0.4 is 10.6 Å². The van der Waals surface area contributed by atoms with Crippen molar-refractivity contribution in [1.29, 1.82) is 0 Å². The summed E-state index contributed by atoms with van der Waals surface area (Å²) in [5.41, 5.74) is 2.51. The second kappa shape index (κ2) is 5.85. The van der Waals surface area contributed by atoms with Crippen LogP contribution in [0.1, 0.15) is 50.5 Å². The van der Waals surface area contributed by atoms with E-state index in [9.17, 15) is 4.79 Å². The fourth-order valence-corrected chi connectivity index (χ4v) is 5.70. The normalized spacial score (nSPS) is 34.4. The number of benzene rings is 1. The summed E-state index contributed by atoms with van der Waals surface area (Å²) in [6.07, 6.45) is 8.52. The first-order valence-corrected chi connectivity index (χ1v) is 9.22.